The van der Waals surface area contributed by atoms with Gasteiger partial charge in [0.05, 0.1) is 5.01 Å². The van der Waals surface area contributed by atoms with Crippen molar-refractivity contribution in [1.82, 2.24) is 14.5 Å². The third-order valence-corrected chi connectivity index (χ3v) is 4.17. The minimum atomic E-state index is 0.398. The van der Waals surface area contributed by atoms with Gasteiger partial charge in [0, 0.05) is 35.9 Å². The maximum absolute atomic E-state index is 5.33. The molecule has 5 heteroatoms. The number of H-pyrrole nitrogens is 1. The Bertz CT molecular complexity index is 522. The number of hydrogen-bond acceptors (Lipinski definition) is 3. The summed E-state index contributed by atoms with van der Waals surface area (Å²) in [4.78, 5) is 7.49. The van der Waals surface area contributed by atoms with Crippen LogP contribution in [0.4, 0.5) is 0 Å². The SMILES string of the molecule is CC(C)c1c[nH]c(=S)n1CC(C)c1nccs1. The van der Waals surface area contributed by atoms with E-state index in [-0.39, 0.29) is 0 Å². The average Bonchev–Trinajstić information content (AvgIpc) is 2.89. The summed E-state index contributed by atoms with van der Waals surface area (Å²) < 4.78 is 2.99. The number of aromatic nitrogens is 3. The van der Waals surface area contributed by atoms with Gasteiger partial charge in [0.2, 0.25) is 0 Å². The fourth-order valence-electron chi connectivity index (χ4n) is 1.91. The Hall–Kier alpha value is -0.940. The van der Waals surface area contributed by atoms with Crippen molar-refractivity contribution >= 4 is 23.6 Å². The van der Waals surface area contributed by atoms with Gasteiger partial charge in [-0.15, -0.1) is 11.3 Å². The summed E-state index contributed by atoms with van der Waals surface area (Å²) in [6.07, 6.45) is 3.87. The van der Waals surface area contributed by atoms with E-state index >= 15 is 0 Å². The predicted octanol–water partition coefficient (Wildman–Crippen LogP) is 3.93. The van der Waals surface area contributed by atoms with Gasteiger partial charge in [-0.05, 0) is 18.1 Å². The van der Waals surface area contributed by atoms with Gasteiger partial charge < -0.3 is 9.55 Å². The zero-order valence-electron chi connectivity index (χ0n) is 10.3. The summed E-state index contributed by atoms with van der Waals surface area (Å²) in [6.45, 7) is 7.45. The van der Waals surface area contributed by atoms with E-state index in [2.05, 4.69) is 35.3 Å². The maximum Gasteiger partial charge on any atom is 0.177 e. The first-order valence-electron chi connectivity index (χ1n) is 5.77. The van der Waals surface area contributed by atoms with Gasteiger partial charge in [0.15, 0.2) is 4.77 Å². The quantitative estimate of drug-likeness (QED) is 0.852. The molecular formula is C12H17N3S2. The molecule has 1 N–H and O–H groups in total. The fraction of sp³-hybridized carbons (Fsp3) is 0.500. The largest absolute Gasteiger partial charge is 0.337 e. The number of nitrogens with one attached hydrogen (secondary N) is 1. The highest BCUT2D eigenvalue weighted by molar-refractivity contribution is 7.71. The smallest absolute Gasteiger partial charge is 0.177 e. The Kier molecular flexibility index (Phi) is 3.79. The molecule has 0 aliphatic rings. The van der Waals surface area contributed by atoms with Gasteiger partial charge in [0.1, 0.15) is 0 Å². The topological polar surface area (TPSA) is 33.6 Å². The van der Waals surface area contributed by atoms with Crippen LogP contribution in [0.5, 0.6) is 0 Å². The van der Waals surface area contributed by atoms with E-state index in [9.17, 15) is 0 Å². The molecular weight excluding hydrogens is 250 g/mol. The summed E-state index contributed by atoms with van der Waals surface area (Å²) >= 11 is 7.03. The van der Waals surface area contributed by atoms with Gasteiger partial charge in [-0.25, -0.2) is 4.98 Å². The van der Waals surface area contributed by atoms with Crippen molar-refractivity contribution in [2.24, 2.45) is 0 Å². The molecule has 0 bridgehead atoms. The predicted molar refractivity (Wildman–Crippen MR) is 74.2 cm³/mol. The molecule has 17 heavy (non-hydrogen) atoms. The highest BCUT2D eigenvalue weighted by Gasteiger charge is 2.13. The van der Waals surface area contributed by atoms with E-state index in [1.165, 1.54) is 10.7 Å². The minimum absolute atomic E-state index is 0.398. The second-order valence-electron chi connectivity index (χ2n) is 4.56. The molecule has 0 aliphatic heterocycles. The molecule has 0 amide bonds. The van der Waals surface area contributed by atoms with Crippen LogP contribution >= 0.6 is 23.6 Å². The van der Waals surface area contributed by atoms with Crippen LogP contribution in [-0.2, 0) is 6.54 Å². The monoisotopic (exact) mass is 267 g/mol. The zero-order chi connectivity index (χ0) is 12.4. The molecule has 0 saturated carbocycles. The van der Waals surface area contributed by atoms with Crippen LogP contribution in [0.15, 0.2) is 17.8 Å². The van der Waals surface area contributed by atoms with Crippen molar-refractivity contribution in [3.05, 3.63) is 33.2 Å². The first-order chi connectivity index (χ1) is 8.09. The number of imidazole rings is 1. The number of thiazole rings is 1. The second kappa shape index (κ2) is 5.14. The van der Waals surface area contributed by atoms with Crippen molar-refractivity contribution in [2.75, 3.05) is 0 Å². The van der Waals surface area contributed by atoms with E-state index in [0.29, 0.717) is 11.8 Å². The fourth-order valence-corrected chi connectivity index (χ4v) is 2.83. The van der Waals surface area contributed by atoms with Gasteiger partial charge >= 0.3 is 0 Å². The van der Waals surface area contributed by atoms with Crippen LogP contribution in [0.1, 0.15) is 43.3 Å². The lowest BCUT2D eigenvalue weighted by atomic mass is 10.1. The third kappa shape index (κ3) is 2.66. The average molecular weight is 267 g/mol. The van der Waals surface area contributed by atoms with E-state index in [0.717, 1.165) is 11.3 Å². The summed E-state index contributed by atoms with van der Waals surface area (Å²) in [6, 6.07) is 0. The molecule has 2 aromatic heterocycles. The van der Waals surface area contributed by atoms with Gasteiger partial charge in [-0.1, -0.05) is 20.8 Å². The normalized spacial score (nSPS) is 13.2. The Labute approximate surface area is 111 Å². The number of rotatable bonds is 4. The van der Waals surface area contributed by atoms with E-state index in [1.807, 2.05) is 17.8 Å². The molecule has 0 spiro atoms. The van der Waals surface area contributed by atoms with Crippen molar-refractivity contribution in [3.8, 4) is 0 Å². The van der Waals surface area contributed by atoms with Crippen molar-refractivity contribution in [1.29, 1.82) is 0 Å². The summed E-state index contributed by atoms with van der Waals surface area (Å²) in [5.41, 5.74) is 1.26. The lowest BCUT2D eigenvalue weighted by molar-refractivity contribution is 0.557. The van der Waals surface area contributed by atoms with Crippen LogP contribution in [0, 0.1) is 4.77 Å². The van der Waals surface area contributed by atoms with E-state index < -0.39 is 0 Å². The van der Waals surface area contributed by atoms with Crippen molar-refractivity contribution in [2.45, 2.75) is 39.2 Å². The number of nitrogens with zero attached hydrogens (tertiary/aromatic N) is 2. The van der Waals surface area contributed by atoms with Gasteiger partial charge in [-0.2, -0.15) is 0 Å². The molecule has 0 radical (unpaired) electrons. The van der Waals surface area contributed by atoms with Crippen LogP contribution in [0.3, 0.4) is 0 Å². The molecule has 92 valence electrons. The first-order valence-corrected chi connectivity index (χ1v) is 7.06. The zero-order valence-corrected chi connectivity index (χ0v) is 11.9. The molecule has 1 atom stereocenters. The highest BCUT2D eigenvalue weighted by Crippen LogP contribution is 2.22. The Morgan fingerprint density at radius 3 is 2.82 bits per heavy atom. The second-order valence-corrected chi connectivity index (χ2v) is 5.87. The maximum atomic E-state index is 5.33. The molecule has 0 aliphatic carbocycles. The summed E-state index contributed by atoms with van der Waals surface area (Å²) in [5, 5.41) is 3.19. The number of aromatic amines is 1. The molecule has 0 aromatic carbocycles. The molecule has 3 nitrogen and oxygen atoms in total. The molecule has 1 unspecified atom stereocenters. The lowest BCUT2D eigenvalue weighted by Gasteiger charge is -2.14. The third-order valence-electron chi connectivity index (χ3n) is 2.82. The van der Waals surface area contributed by atoms with Crippen molar-refractivity contribution < 1.29 is 0 Å². The standard InChI is InChI=1S/C12H17N3S2/c1-8(2)10-6-14-12(16)15(10)7-9(3)11-13-4-5-17-11/h4-6,8-9H,7H2,1-3H3,(H,14,16). The summed E-state index contributed by atoms with van der Waals surface area (Å²) in [5.74, 6) is 0.876. The molecule has 0 fully saturated rings. The molecule has 0 saturated heterocycles. The molecule has 2 aromatic rings. The summed E-state index contributed by atoms with van der Waals surface area (Å²) in [7, 11) is 0. The number of hydrogen-bond donors (Lipinski definition) is 1. The van der Waals surface area contributed by atoms with Gasteiger partial charge in [-0.3, -0.25) is 0 Å². The van der Waals surface area contributed by atoms with Crippen LogP contribution in [0.2, 0.25) is 0 Å². The molecule has 2 heterocycles. The highest BCUT2D eigenvalue weighted by atomic mass is 32.1. The van der Waals surface area contributed by atoms with Gasteiger partial charge in [0.25, 0.3) is 0 Å². The lowest BCUT2D eigenvalue weighted by Crippen LogP contribution is -2.10. The Balaban J connectivity index is 2.24. The van der Waals surface area contributed by atoms with Crippen LogP contribution < -0.4 is 0 Å². The van der Waals surface area contributed by atoms with Crippen molar-refractivity contribution in [3.63, 3.8) is 0 Å². The minimum Gasteiger partial charge on any atom is -0.337 e. The first kappa shape index (κ1) is 12.5. The molecule has 2 rings (SSSR count). The van der Waals surface area contributed by atoms with E-state index in [1.54, 1.807) is 11.3 Å². The van der Waals surface area contributed by atoms with E-state index in [4.69, 9.17) is 12.2 Å². The Morgan fingerprint density at radius 2 is 2.24 bits per heavy atom. The Morgan fingerprint density at radius 1 is 1.47 bits per heavy atom. The van der Waals surface area contributed by atoms with Crippen LogP contribution in [0.25, 0.3) is 0 Å². The van der Waals surface area contributed by atoms with Crippen LogP contribution in [-0.4, -0.2) is 14.5 Å².